The lowest BCUT2D eigenvalue weighted by Gasteiger charge is -2.38. The Balaban J connectivity index is 2.64. The quantitative estimate of drug-likeness (QED) is 0.718. The van der Waals surface area contributed by atoms with Gasteiger partial charge in [-0.05, 0) is 31.1 Å². The average Bonchev–Trinajstić information content (AvgIpc) is 2.26. The molecule has 1 saturated carbocycles. The van der Waals surface area contributed by atoms with Gasteiger partial charge in [0.1, 0.15) is 5.54 Å². The highest BCUT2D eigenvalue weighted by Crippen LogP contribution is 2.35. The minimum atomic E-state index is -0.290. The maximum absolute atomic E-state index is 9.32. The van der Waals surface area contributed by atoms with Gasteiger partial charge in [-0.15, -0.1) is 6.58 Å². The molecule has 0 saturated heterocycles. The molecule has 0 aliphatic heterocycles. The lowest BCUT2D eigenvalue weighted by molar-refractivity contribution is 0.193. The van der Waals surface area contributed by atoms with Crippen LogP contribution in [0.2, 0.25) is 0 Å². The second-order valence-electron chi connectivity index (χ2n) is 4.96. The van der Waals surface area contributed by atoms with Gasteiger partial charge < -0.3 is 0 Å². The van der Waals surface area contributed by atoms with Crippen molar-refractivity contribution < 1.29 is 0 Å². The van der Waals surface area contributed by atoms with Crippen LogP contribution in [0.5, 0.6) is 0 Å². The Hall–Kier alpha value is -0.810. The fraction of sp³-hybridized carbons (Fsp3) is 0.769. The van der Waals surface area contributed by atoms with E-state index in [2.05, 4.69) is 31.8 Å². The largest absolute Gasteiger partial charge is 0.296 e. The maximum Gasteiger partial charge on any atom is 0.107 e. The number of hydrogen-bond donors (Lipinski definition) is 1. The van der Waals surface area contributed by atoms with Crippen molar-refractivity contribution >= 4 is 0 Å². The van der Waals surface area contributed by atoms with Crippen molar-refractivity contribution in [3.8, 4) is 6.07 Å². The van der Waals surface area contributed by atoms with Crippen LogP contribution in [0.25, 0.3) is 0 Å². The molecule has 1 fully saturated rings. The van der Waals surface area contributed by atoms with Gasteiger partial charge in [-0.3, -0.25) is 5.32 Å². The highest BCUT2D eigenvalue weighted by molar-refractivity contribution is 5.10. The van der Waals surface area contributed by atoms with Crippen molar-refractivity contribution in [3.05, 3.63) is 12.7 Å². The molecule has 2 atom stereocenters. The van der Waals surface area contributed by atoms with Crippen LogP contribution in [-0.2, 0) is 0 Å². The summed E-state index contributed by atoms with van der Waals surface area (Å²) in [6.07, 6.45) is 6.26. The van der Waals surface area contributed by atoms with E-state index < -0.39 is 0 Å². The molecule has 1 rings (SSSR count). The lowest BCUT2D eigenvalue weighted by atomic mass is 9.72. The Morgan fingerprint density at radius 3 is 2.93 bits per heavy atom. The molecule has 2 heteroatoms. The van der Waals surface area contributed by atoms with E-state index in [0.717, 1.165) is 19.4 Å². The summed E-state index contributed by atoms with van der Waals surface area (Å²) in [6.45, 7) is 8.94. The van der Waals surface area contributed by atoms with E-state index in [1.165, 1.54) is 12.8 Å². The van der Waals surface area contributed by atoms with Gasteiger partial charge in [0.05, 0.1) is 6.07 Å². The Morgan fingerprint density at radius 1 is 1.67 bits per heavy atom. The molecule has 0 bridgehead atoms. The van der Waals surface area contributed by atoms with E-state index >= 15 is 0 Å². The van der Waals surface area contributed by atoms with Crippen molar-refractivity contribution in [3.63, 3.8) is 0 Å². The lowest BCUT2D eigenvalue weighted by Crippen LogP contribution is -2.48. The highest BCUT2D eigenvalue weighted by Gasteiger charge is 2.36. The van der Waals surface area contributed by atoms with E-state index in [4.69, 9.17) is 0 Å². The van der Waals surface area contributed by atoms with E-state index in [0.29, 0.717) is 11.8 Å². The first-order valence-electron chi connectivity index (χ1n) is 5.91. The third-order valence-electron chi connectivity index (χ3n) is 3.53. The fourth-order valence-corrected chi connectivity index (χ4v) is 2.46. The zero-order valence-corrected chi connectivity index (χ0v) is 9.92. The molecule has 0 aromatic heterocycles. The Morgan fingerprint density at radius 2 is 2.40 bits per heavy atom. The summed E-state index contributed by atoms with van der Waals surface area (Å²) in [5, 5.41) is 12.7. The standard InChI is InChI=1S/C13H22N2/c1-4-8-15-13(10-14)7-5-6-12(9-13)11(2)3/h4,11-12,15H,1,5-9H2,2-3H3. The van der Waals surface area contributed by atoms with Crippen molar-refractivity contribution in [1.82, 2.24) is 5.32 Å². The molecule has 2 nitrogen and oxygen atoms in total. The van der Waals surface area contributed by atoms with Gasteiger partial charge in [0.15, 0.2) is 0 Å². The molecule has 84 valence electrons. The van der Waals surface area contributed by atoms with E-state index in [9.17, 15) is 5.26 Å². The summed E-state index contributed by atoms with van der Waals surface area (Å²) in [4.78, 5) is 0. The predicted molar refractivity (Wildman–Crippen MR) is 63.3 cm³/mol. The molecule has 1 N–H and O–H groups in total. The number of hydrogen-bond acceptors (Lipinski definition) is 2. The first-order valence-corrected chi connectivity index (χ1v) is 5.91. The minimum Gasteiger partial charge on any atom is -0.296 e. The first kappa shape index (κ1) is 12.3. The number of rotatable bonds is 4. The van der Waals surface area contributed by atoms with Crippen molar-refractivity contribution in [1.29, 1.82) is 5.26 Å². The summed E-state index contributed by atoms with van der Waals surface area (Å²) in [7, 11) is 0. The van der Waals surface area contributed by atoms with Crippen LogP contribution in [0.4, 0.5) is 0 Å². The molecule has 0 heterocycles. The van der Waals surface area contributed by atoms with Crippen molar-refractivity contribution in [2.75, 3.05) is 6.54 Å². The van der Waals surface area contributed by atoms with Gasteiger partial charge in [0.25, 0.3) is 0 Å². The van der Waals surface area contributed by atoms with Crippen LogP contribution in [0.1, 0.15) is 39.5 Å². The molecule has 0 spiro atoms. The summed E-state index contributed by atoms with van der Waals surface area (Å²) in [6, 6.07) is 2.48. The van der Waals surface area contributed by atoms with Gasteiger partial charge in [-0.1, -0.05) is 26.3 Å². The monoisotopic (exact) mass is 206 g/mol. The summed E-state index contributed by atoms with van der Waals surface area (Å²) in [5.74, 6) is 1.37. The maximum atomic E-state index is 9.32. The molecular weight excluding hydrogens is 184 g/mol. The third-order valence-corrected chi connectivity index (χ3v) is 3.53. The van der Waals surface area contributed by atoms with Crippen LogP contribution in [0, 0.1) is 23.2 Å². The van der Waals surface area contributed by atoms with Crippen molar-refractivity contribution in [2.24, 2.45) is 11.8 Å². The fourth-order valence-electron chi connectivity index (χ4n) is 2.46. The molecule has 1 aliphatic carbocycles. The van der Waals surface area contributed by atoms with Crippen LogP contribution < -0.4 is 5.32 Å². The molecule has 2 unspecified atom stereocenters. The summed E-state index contributed by atoms with van der Waals surface area (Å²) >= 11 is 0. The Bertz CT molecular complexity index is 252. The van der Waals surface area contributed by atoms with E-state index in [-0.39, 0.29) is 5.54 Å². The van der Waals surface area contributed by atoms with Crippen LogP contribution in [0.3, 0.4) is 0 Å². The minimum absolute atomic E-state index is 0.290. The van der Waals surface area contributed by atoms with E-state index in [1.54, 1.807) is 0 Å². The molecule has 1 aliphatic rings. The van der Waals surface area contributed by atoms with Gasteiger partial charge in [-0.25, -0.2) is 0 Å². The molecule has 15 heavy (non-hydrogen) atoms. The molecule has 0 aromatic carbocycles. The van der Waals surface area contributed by atoms with Crippen molar-refractivity contribution in [2.45, 2.75) is 45.1 Å². The third kappa shape index (κ3) is 3.07. The first-order chi connectivity index (χ1) is 7.13. The molecular formula is C13H22N2. The summed E-state index contributed by atoms with van der Waals surface area (Å²) in [5.41, 5.74) is -0.290. The van der Waals surface area contributed by atoms with Gasteiger partial charge in [-0.2, -0.15) is 5.26 Å². The number of nitrogens with zero attached hydrogens (tertiary/aromatic N) is 1. The number of nitriles is 1. The van der Waals surface area contributed by atoms with Crippen LogP contribution in [-0.4, -0.2) is 12.1 Å². The zero-order chi connectivity index (χ0) is 11.3. The Kier molecular flexibility index (Phi) is 4.35. The smallest absolute Gasteiger partial charge is 0.107 e. The normalized spacial score (nSPS) is 31.2. The predicted octanol–water partition coefficient (Wildman–Crippen LogP) is 2.87. The molecule has 0 amide bonds. The second-order valence-corrected chi connectivity index (χ2v) is 4.96. The molecule has 0 aromatic rings. The van der Waals surface area contributed by atoms with Gasteiger partial charge in [0.2, 0.25) is 0 Å². The SMILES string of the molecule is C=CCNC1(C#N)CCCC(C(C)C)C1. The number of nitrogens with one attached hydrogen (secondary N) is 1. The second kappa shape index (κ2) is 5.32. The average molecular weight is 206 g/mol. The van der Waals surface area contributed by atoms with E-state index in [1.807, 2.05) is 6.08 Å². The van der Waals surface area contributed by atoms with Gasteiger partial charge in [0, 0.05) is 6.54 Å². The topological polar surface area (TPSA) is 35.8 Å². The van der Waals surface area contributed by atoms with Crippen LogP contribution in [0.15, 0.2) is 12.7 Å². The zero-order valence-electron chi connectivity index (χ0n) is 9.92. The highest BCUT2D eigenvalue weighted by atomic mass is 15.0. The van der Waals surface area contributed by atoms with Gasteiger partial charge >= 0.3 is 0 Å². The van der Waals surface area contributed by atoms with Crippen LogP contribution >= 0.6 is 0 Å². The molecule has 0 radical (unpaired) electrons. The summed E-state index contributed by atoms with van der Waals surface area (Å²) < 4.78 is 0. The Labute approximate surface area is 93.4 Å².